The lowest BCUT2D eigenvalue weighted by molar-refractivity contribution is 0.390. The van der Waals surface area contributed by atoms with Crippen LogP contribution in [-0.2, 0) is 0 Å². The number of hydrogen-bond acceptors (Lipinski definition) is 2. The van der Waals surface area contributed by atoms with Crippen LogP contribution in [0.1, 0.15) is 24.4 Å². The van der Waals surface area contributed by atoms with Gasteiger partial charge in [0.2, 0.25) is 0 Å². The van der Waals surface area contributed by atoms with Gasteiger partial charge in [0, 0.05) is 17.8 Å². The largest absolute Gasteiger partial charge is 0.482 e. The van der Waals surface area contributed by atoms with Gasteiger partial charge in [-0.2, -0.15) is 0 Å². The van der Waals surface area contributed by atoms with E-state index in [-0.39, 0.29) is 0 Å². The molecule has 3 heteroatoms. The molecule has 2 heterocycles. The minimum absolute atomic E-state index is 0.492. The first-order valence-corrected chi connectivity index (χ1v) is 4.36. The van der Waals surface area contributed by atoms with E-state index < -0.39 is 0 Å². The summed E-state index contributed by atoms with van der Waals surface area (Å²) in [4.78, 5) is 3.07. The van der Waals surface area contributed by atoms with Crippen molar-refractivity contribution in [1.29, 1.82) is 0 Å². The Hall–Kier alpha value is -0.960. The highest BCUT2D eigenvalue weighted by molar-refractivity contribution is 5.30. The molecule has 12 heavy (non-hydrogen) atoms. The topological polar surface area (TPSA) is 37.0 Å². The first-order chi connectivity index (χ1) is 5.92. The monoisotopic (exact) mass is 166 g/mol. The molecule has 1 atom stereocenters. The van der Waals surface area contributed by atoms with Crippen molar-refractivity contribution in [1.82, 2.24) is 10.3 Å². The van der Waals surface area contributed by atoms with Gasteiger partial charge in [0.25, 0.3) is 0 Å². The van der Waals surface area contributed by atoms with E-state index in [0.29, 0.717) is 6.04 Å². The average molecular weight is 166 g/mol. The second-order valence-corrected chi connectivity index (χ2v) is 3.12. The van der Waals surface area contributed by atoms with Gasteiger partial charge in [-0.1, -0.05) is 0 Å². The number of aromatic nitrogens is 1. The lowest BCUT2D eigenvalue weighted by Gasteiger charge is -2.09. The third-order valence-electron chi connectivity index (χ3n) is 2.38. The highest BCUT2D eigenvalue weighted by Crippen LogP contribution is 2.29. The third-order valence-corrected chi connectivity index (χ3v) is 2.38. The summed E-state index contributed by atoms with van der Waals surface area (Å²) in [6, 6.07) is 2.58. The Morgan fingerprint density at radius 3 is 3.17 bits per heavy atom. The van der Waals surface area contributed by atoms with Gasteiger partial charge in [0.1, 0.15) is 0 Å². The fourth-order valence-corrected chi connectivity index (χ4v) is 1.77. The molecule has 0 radical (unpaired) electrons. The number of nitrogens with one attached hydrogen (secondary N) is 2. The Labute approximate surface area is 72.1 Å². The molecule has 0 aliphatic carbocycles. The minimum atomic E-state index is 0.492. The van der Waals surface area contributed by atoms with Gasteiger partial charge in [-0.3, -0.25) is 0 Å². The molecule has 0 spiro atoms. The summed E-state index contributed by atoms with van der Waals surface area (Å²) >= 11 is 0. The minimum Gasteiger partial charge on any atom is -0.482 e. The Morgan fingerprint density at radius 2 is 2.50 bits per heavy atom. The number of H-pyrrole nitrogens is 1. The van der Waals surface area contributed by atoms with Crippen molar-refractivity contribution in [3.8, 4) is 5.88 Å². The maximum atomic E-state index is 5.20. The fraction of sp³-hybridized carbons (Fsp3) is 0.556. The van der Waals surface area contributed by atoms with E-state index in [2.05, 4.69) is 16.4 Å². The second kappa shape index (κ2) is 3.19. The zero-order chi connectivity index (χ0) is 8.39. The highest BCUT2D eigenvalue weighted by atomic mass is 16.5. The van der Waals surface area contributed by atoms with Crippen LogP contribution in [0, 0.1) is 0 Å². The van der Waals surface area contributed by atoms with E-state index in [1.807, 2.05) is 6.20 Å². The van der Waals surface area contributed by atoms with E-state index in [4.69, 9.17) is 4.74 Å². The molecular weight excluding hydrogens is 152 g/mol. The van der Waals surface area contributed by atoms with E-state index in [9.17, 15) is 0 Å². The second-order valence-electron chi connectivity index (χ2n) is 3.12. The molecule has 1 aromatic heterocycles. The lowest BCUT2D eigenvalue weighted by atomic mass is 10.1. The molecule has 3 nitrogen and oxygen atoms in total. The van der Waals surface area contributed by atoms with Gasteiger partial charge in [-0.15, -0.1) is 0 Å². The zero-order valence-corrected chi connectivity index (χ0v) is 7.26. The van der Waals surface area contributed by atoms with Crippen molar-refractivity contribution >= 4 is 0 Å². The predicted molar refractivity (Wildman–Crippen MR) is 47.3 cm³/mol. The van der Waals surface area contributed by atoms with Gasteiger partial charge in [-0.05, 0) is 25.5 Å². The van der Waals surface area contributed by atoms with Crippen LogP contribution in [0.25, 0.3) is 0 Å². The van der Waals surface area contributed by atoms with Crippen molar-refractivity contribution in [3.05, 3.63) is 17.8 Å². The van der Waals surface area contributed by atoms with Gasteiger partial charge in [-0.25, -0.2) is 0 Å². The molecule has 0 amide bonds. The SMILES string of the molecule is COc1[nH]ccc1[C@H]1CCCN1. The molecule has 2 rings (SSSR count). The molecule has 1 fully saturated rings. The van der Waals surface area contributed by atoms with Crippen molar-refractivity contribution in [2.75, 3.05) is 13.7 Å². The van der Waals surface area contributed by atoms with Gasteiger partial charge in [0.05, 0.1) is 7.11 Å². The van der Waals surface area contributed by atoms with Crippen LogP contribution in [-0.4, -0.2) is 18.6 Å². The molecule has 0 bridgehead atoms. The zero-order valence-electron chi connectivity index (χ0n) is 7.26. The maximum absolute atomic E-state index is 5.20. The van der Waals surface area contributed by atoms with Crippen LogP contribution < -0.4 is 10.1 Å². The predicted octanol–water partition coefficient (Wildman–Crippen LogP) is 1.45. The molecule has 0 aromatic carbocycles. The van der Waals surface area contributed by atoms with Crippen LogP contribution in [0.4, 0.5) is 0 Å². The molecular formula is C9H14N2O. The van der Waals surface area contributed by atoms with Crippen molar-refractivity contribution in [2.24, 2.45) is 0 Å². The Bertz CT molecular complexity index is 251. The van der Waals surface area contributed by atoms with Crippen molar-refractivity contribution < 1.29 is 4.74 Å². The number of ether oxygens (including phenoxy) is 1. The molecule has 1 saturated heterocycles. The molecule has 2 N–H and O–H groups in total. The molecule has 1 aromatic rings. The first kappa shape index (κ1) is 7.68. The summed E-state index contributed by atoms with van der Waals surface area (Å²) in [6.07, 6.45) is 4.40. The lowest BCUT2D eigenvalue weighted by Crippen LogP contribution is -2.12. The standard InChI is InChI=1S/C9H14N2O/c1-12-9-7(4-6-11-9)8-3-2-5-10-8/h4,6,8,10-11H,2-3,5H2,1H3/t8-/m1/s1. The summed E-state index contributed by atoms with van der Waals surface area (Å²) in [6.45, 7) is 1.12. The quantitative estimate of drug-likeness (QED) is 0.697. The van der Waals surface area contributed by atoms with Crippen molar-refractivity contribution in [2.45, 2.75) is 18.9 Å². The number of aromatic amines is 1. The van der Waals surface area contributed by atoms with Crippen LogP contribution in [0.5, 0.6) is 5.88 Å². The van der Waals surface area contributed by atoms with Gasteiger partial charge in [0.15, 0.2) is 5.88 Å². The van der Waals surface area contributed by atoms with Gasteiger partial charge >= 0.3 is 0 Å². The maximum Gasteiger partial charge on any atom is 0.195 e. The summed E-state index contributed by atoms with van der Waals surface area (Å²) in [5.74, 6) is 0.898. The van der Waals surface area contributed by atoms with Crippen LogP contribution in [0.3, 0.4) is 0 Å². The molecule has 1 aliphatic heterocycles. The van der Waals surface area contributed by atoms with Crippen LogP contribution in [0.2, 0.25) is 0 Å². The fourth-order valence-electron chi connectivity index (χ4n) is 1.77. The summed E-state index contributed by atoms with van der Waals surface area (Å²) in [5.41, 5.74) is 1.26. The van der Waals surface area contributed by atoms with E-state index >= 15 is 0 Å². The average Bonchev–Trinajstić information content (AvgIpc) is 2.74. The van der Waals surface area contributed by atoms with Crippen molar-refractivity contribution in [3.63, 3.8) is 0 Å². The van der Waals surface area contributed by atoms with Crippen LogP contribution in [0.15, 0.2) is 12.3 Å². The smallest absolute Gasteiger partial charge is 0.195 e. The van der Waals surface area contributed by atoms with E-state index in [0.717, 1.165) is 12.4 Å². The molecule has 0 unspecified atom stereocenters. The number of methoxy groups -OCH3 is 1. The highest BCUT2D eigenvalue weighted by Gasteiger charge is 2.19. The first-order valence-electron chi connectivity index (χ1n) is 4.36. The van der Waals surface area contributed by atoms with E-state index in [1.54, 1.807) is 7.11 Å². The Balaban J connectivity index is 2.19. The van der Waals surface area contributed by atoms with Crippen LogP contribution >= 0.6 is 0 Å². The van der Waals surface area contributed by atoms with Gasteiger partial charge < -0.3 is 15.0 Å². The normalized spacial score (nSPS) is 22.9. The Kier molecular flexibility index (Phi) is 2.04. The summed E-state index contributed by atoms with van der Waals surface area (Å²) < 4.78 is 5.20. The summed E-state index contributed by atoms with van der Waals surface area (Å²) in [7, 11) is 1.70. The third kappa shape index (κ3) is 1.20. The summed E-state index contributed by atoms with van der Waals surface area (Å²) in [5, 5.41) is 3.43. The number of rotatable bonds is 2. The van der Waals surface area contributed by atoms with E-state index in [1.165, 1.54) is 18.4 Å². The molecule has 1 aliphatic rings. The molecule has 66 valence electrons. The molecule has 0 saturated carbocycles. The number of hydrogen-bond donors (Lipinski definition) is 2. The Morgan fingerprint density at radius 1 is 1.58 bits per heavy atom.